The molecule has 15 heavy (non-hydrogen) atoms. The third-order valence-electron chi connectivity index (χ3n) is 3.19. The van der Waals surface area contributed by atoms with Crippen LogP contribution in [0.4, 0.5) is 0 Å². The molecule has 1 atom stereocenters. The second-order valence-electron chi connectivity index (χ2n) is 4.38. The van der Waals surface area contributed by atoms with Gasteiger partial charge in [-0.25, -0.2) is 0 Å². The topological polar surface area (TPSA) is 24.5 Å². The summed E-state index contributed by atoms with van der Waals surface area (Å²) in [5, 5.41) is 3.26. The Morgan fingerprint density at radius 2 is 2.20 bits per heavy atom. The second kappa shape index (κ2) is 8.08. The Bertz CT molecular complexity index is 153. The maximum Gasteiger partial charge on any atom is 0.0590 e. The molecule has 1 N–H and O–H groups in total. The number of likely N-dealkylation sites (N-methyl/N-ethyl adjacent to an activating group) is 1. The highest BCUT2D eigenvalue weighted by Crippen LogP contribution is 2.17. The van der Waals surface area contributed by atoms with Crippen molar-refractivity contribution < 1.29 is 4.74 Å². The fraction of sp³-hybridized carbons (Fsp3) is 1.00. The highest BCUT2D eigenvalue weighted by Gasteiger charge is 2.17. The second-order valence-corrected chi connectivity index (χ2v) is 4.38. The molecule has 0 aromatic carbocycles. The van der Waals surface area contributed by atoms with Gasteiger partial charge < -0.3 is 15.0 Å². The standard InChI is InChI=1S/C12H26N2O/c1-3-13-8-11-15-10-7-12-6-4-5-9-14(12)2/h12-13H,3-11H2,1-2H3. The van der Waals surface area contributed by atoms with Crippen molar-refractivity contribution in [3.8, 4) is 0 Å². The van der Waals surface area contributed by atoms with E-state index in [9.17, 15) is 0 Å². The molecule has 0 bridgehead atoms. The number of hydrogen-bond acceptors (Lipinski definition) is 3. The summed E-state index contributed by atoms with van der Waals surface area (Å²) in [6.07, 6.45) is 5.32. The molecule has 1 fully saturated rings. The molecular weight excluding hydrogens is 188 g/mol. The molecule has 1 saturated heterocycles. The van der Waals surface area contributed by atoms with Crippen molar-refractivity contribution in [3.05, 3.63) is 0 Å². The van der Waals surface area contributed by atoms with Crippen molar-refractivity contribution in [1.82, 2.24) is 10.2 Å². The summed E-state index contributed by atoms with van der Waals surface area (Å²) in [7, 11) is 2.24. The normalized spacial score (nSPS) is 23.2. The van der Waals surface area contributed by atoms with E-state index < -0.39 is 0 Å². The summed E-state index contributed by atoms with van der Waals surface area (Å²) >= 11 is 0. The van der Waals surface area contributed by atoms with E-state index in [1.165, 1.54) is 32.2 Å². The first-order valence-electron chi connectivity index (χ1n) is 6.33. The number of nitrogens with zero attached hydrogens (tertiary/aromatic N) is 1. The molecule has 1 aliphatic heterocycles. The molecule has 0 amide bonds. The van der Waals surface area contributed by atoms with Crippen LogP contribution in [0, 0.1) is 0 Å². The average Bonchev–Trinajstić information content (AvgIpc) is 2.25. The molecule has 1 heterocycles. The van der Waals surface area contributed by atoms with Gasteiger partial charge in [0.25, 0.3) is 0 Å². The number of piperidine rings is 1. The highest BCUT2D eigenvalue weighted by molar-refractivity contribution is 4.73. The minimum atomic E-state index is 0.762. The maximum absolute atomic E-state index is 5.60. The Morgan fingerprint density at radius 1 is 1.33 bits per heavy atom. The number of hydrogen-bond donors (Lipinski definition) is 1. The molecule has 0 aromatic heterocycles. The molecule has 0 radical (unpaired) electrons. The van der Waals surface area contributed by atoms with Crippen molar-refractivity contribution in [3.63, 3.8) is 0 Å². The van der Waals surface area contributed by atoms with Gasteiger partial charge in [0.1, 0.15) is 0 Å². The zero-order valence-electron chi connectivity index (χ0n) is 10.3. The first-order chi connectivity index (χ1) is 7.34. The van der Waals surface area contributed by atoms with Gasteiger partial charge in [0.05, 0.1) is 6.61 Å². The lowest BCUT2D eigenvalue weighted by Crippen LogP contribution is -2.37. The zero-order valence-corrected chi connectivity index (χ0v) is 10.3. The highest BCUT2D eigenvalue weighted by atomic mass is 16.5. The number of rotatable bonds is 7. The number of nitrogens with one attached hydrogen (secondary N) is 1. The van der Waals surface area contributed by atoms with Crippen LogP contribution < -0.4 is 5.32 Å². The van der Waals surface area contributed by atoms with Crippen LogP contribution >= 0.6 is 0 Å². The van der Waals surface area contributed by atoms with E-state index >= 15 is 0 Å². The van der Waals surface area contributed by atoms with Crippen LogP contribution in [0.3, 0.4) is 0 Å². The number of likely N-dealkylation sites (tertiary alicyclic amines) is 1. The van der Waals surface area contributed by atoms with Gasteiger partial charge in [0, 0.05) is 19.2 Å². The van der Waals surface area contributed by atoms with Crippen LogP contribution in [-0.2, 0) is 4.74 Å². The lowest BCUT2D eigenvalue weighted by Gasteiger charge is -2.32. The number of ether oxygens (including phenoxy) is 1. The summed E-state index contributed by atoms with van der Waals surface area (Å²) in [5.41, 5.74) is 0. The first kappa shape index (κ1) is 12.9. The van der Waals surface area contributed by atoms with E-state index in [-0.39, 0.29) is 0 Å². The Morgan fingerprint density at radius 3 is 2.93 bits per heavy atom. The van der Waals surface area contributed by atoms with Gasteiger partial charge in [0.15, 0.2) is 0 Å². The van der Waals surface area contributed by atoms with Crippen LogP contribution in [0.25, 0.3) is 0 Å². The molecule has 0 aliphatic carbocycles. The van der Waals surface area contributed by atoms with Gasteiger partial charge in [-0.2, -0.15) is 0 Å². The molecule has 0 aromatic rings. The van der Waals surface area contributed by atoms with E-state index in [2.05, 4.69) is 24.2 Å². The van der Waals surface area contributed by atoms with Crippen molar-refractivity contribution in [2.24, 2.45) is 0 Å². The fourth-order valence-electron chi connectivity index (χ4n) is 2.15. The van der Waals surface area contributed by atoms with Gasteiger partial charge in [-0.15, -0.1) is 0 Å². The van der Waals surface area contributed by atoms with E-state index in [4.69, 9.17) is 4.74 Å². The molecule has 1 aliphatic rings. The summed E-state index contributed by atoms with van der Waals surface area (Å²) in [6, 6.07) is 0.762. The van der Waals surface area contributed by atoms with Crippen molar-refractivity contribution >= 4 is 0 Å². The van der Waals surface area contributed by atoms with Crippen molar-refractivity contribution in [2.45, 2.75) is 38.6 Å². The molecule has 0 spiro atoms. The SMILES string of the molecule is CCNCCOCCC1CCCCN1C. The van der Waals surface area contributed by atoms with Crippen LogP contribution in [0.1, 0.15) is 32.6 Å². The van der Waals surface area contributed by atoms with Crippen molar-refractivity contribution in [1.29, 1.82) is 0 Å². The molecule has 90 valence electrons. The molecule has 3 heteroatoms. The third-order valence-corrected chi connectivity index (χ3v) is 3.19. The quantitative estimate of drug-likeness (QED) is 0.650. The van der Waals surface area contributed by atoms with Crippen LogP contribution in [0.2, 0.25) is 0 Å². The van der Waals surface area contributed by atoms with Crippen molar-refractivity contribution in [2.75, 3.05) is 39.9 Å². The van der Waals surface area contributed by atoms with Gasteiger partial charge >= 0.3 is 0 Å². The summed E-state index contributed by atoms with van der Waals surface area (Å²) in [6.45, 7) is 7.18. The molecule has 0 saturated carbocycles. The monoisotopic (exact) mass is 214 g/mol. The predicted molar refractivity (Wildman–Crippen MR) is 64.2 cm³/mol. The molecule has 3 nitrogen and oxygen atoms in total. The maximum atomic E-state index is 5.60. The Kier molecular flexibility index (Phi) is 6.98. The Balaban J connectivity index is 1.94. The van der Waals surface area contributed by atoms with Crippen LogP contribution in [0.15, 0.2) is 0 Å². The van der Waals surface area contributed by atoms with Gasteiger partial charge in [-0.3, -0.25) is 0 Å². The smallest absolute Gasteiger partial charge is 0.0590 e. The Labute approximate surface area is 94.2 Å². The van der Waals surface area contributed by atoms with E-state index in [0.29, 0.717) is 0 Å². The summed E-state index contributed by atoms with van der Waals surface area (Å²) in [4.78, 5) is 2.48. The average molecular weight is 214 g/mol. The van der Waals surface area contributed by atoms with Gasteiger partial charge in [0.2, 0.25) is 0 Å². The van der Waals surface area contributed by atoms with E-state index in [0.717, 1.165) is 32.3 Å². The lowest BCUT2D eigenvalue weighted by molar-refractivity contribution is 0.0935. The summed E-state index contributed by atoms with van der Waals surface area (Å²) < 4.78 is 5.60. The minimum absolute atomic E-state index is 0.762. The van der Waals surface area contributed by atoms with E-state index in [1.54, 1.807) is 0 Å². The lowest BCUT2D eigenvalue weighted by atomic mass is 10.0. The van der Waals surface area contributed by atoms with Crippen LogP contribution in [-0.4, -0.2) is 50.8 Å². The zero-order chi connectivity index (χ0) is 10.9. The predicted octanol–water partition coefficient (Wildman–Crippen LogP) is 1.49. The van der Waals surface area contributed by atoms with Crippen LogP contribution in [0.5, 0.6) is 0 Å². The molecule has 1 rings (SSSR count). The van der Waals surface area contributed by atoms with E-state index in [1.807, 2.05) is 0 Å². The third kappa shape index (κ3) is 5.50. The Hall–Kier alpha value is -0.120. The molecule has 1 unspecified atom stereocenters. The molecular formula is C12H26N2O. The van der Waals surface area contributed by atoms with Gasteiger partial charge in [-0.05, 0) is 39.4 Å². The minimum Gasteiger partial charge on any atom is -0.380 e. The van der Waals surface area contributed by atoms with Gasteiger partial charge in [-0.1, -0.05) is 13.3 Å². The summed E-state index contributed by atoms with van der Waals surface area (Å²) in [5.74, 6) is 0. The first-order valence-corrected chi connectivity index (χ1v) is 6.33. The fourth-order valence-corrected chi connectivity index (χ4v) is 2.15. The largest absolute Gasteiger partial charge is 0.380 e.